The van der Waals surface area contributed by atoms with E-state index in [2.05, 4.69) is 15.7 Å². The maximum absolute atomic E-state index is 11.7. The van der Waals surface area contributed by atoms with Crippen LogP contribution in [0.3, 0.4) is 0 Å². The molecule has 116 valence electrons. The van der Waals surface area contributed by atoms with Gasteiger partial charge in [0.05, 0.1) is 11.6 Å². The fraction of sp³-hybridized carbons (Fsp3) is 0.643. The molecule has 0 bridgehead atoms. The minimum absolute atomic E-state index is 0.195. The zero-order valence-electron chi connectivity index (χ0n) is 12.3. The molecule has 2 rings (SSSR count). The average Bonchev–Trinajstić information content (AvgIpc) is 3.06. The van der Waals surface area contributed by atoms with Crippen LogP contribution < -0.4 is 10.6 Å². The van der Waals surface area contributed by atoms with Crippen molar-refractivity contribution in [2.45, 2.75) is 32.1 Å². The van der Waals surface area contributed by atoms with Gasteiger partial charge in [-0.05, 0) is 24.8 Å². The number of carboxylic acid groups (broad SMARTS) is 1. The lowest BCUT2D eigenvalue weighted by atomic mass is 9.86. The SMILES string of the molecule is Cn1cc(CCNC(=O)NCC2(C(=O)O)CCCC2)cn1. The lowest BCUT2D eigenvalue weighted by Gasteiger charge is -2.23. The second kappa shape index (κ2) is 6.60. The lowest BCUT2D eigenvalue weighted by molar-refractivity contribution is -0.148. The molecule has 1 saturated carbocycles. The number of carboxylic acids is 1. The van der Waals surface area contributed by atoms with Crippen LogP contribution in [0.25, 0.3) is 0 Å². The molecule has 1 aromatic rings. The number of urea groups is 1. The van der Waals surface area contributed by atoms with Crippen LogP contribution in [0.4, 0.5) is 4.79 Å². The van der Waals surface area contributed by atoms with Crippen LogP contribution >= 0.6 is 0 Å². The maximum Gasteiger partial charge on any atom is 0.314 e. The highest BCUT2D eigenvalue weighted by Gasteiger charge is 2.41. The van der Waals surface area contributed by atoms with Crippen molar-refractivity contribution in [2.75, 3.05) is 13.1 Å². The van der Waals surface area contributed by atoms with E-state index in [1.165, 1.54) is 0 Å². The Kier molecular flexibility index (Phi) is 4.82. The summed E-state index contributed by atoms with van der Waals surface area (Å²) in [4.78, 5) is 23.1. The summed E-state index contributed by atoms with van der Waals surface area (Å²) in [5.74, 6) is -0.810. The Bertz CT molecular complexity index is 506. The van der Waals surface area contributed by atoms with Crippen LogP contribution in [0, 0.1) is 5.41 Å². The standard InChI is InChI=1S/C14H22N4O3/c1-18-9-11(8-17-18)4-7-15-13(21)16-10-14(12(19)20)5-2-3-6-14/h8-9H,2-7,10H2,1H3,(H,19,20)(H2,15,16,21). The van der Waals surface area contributed by atoms with E-state index in [-0.39, 0.29) is 12.6 Å². The van der Waals surface area contributed by atoms with Gasteiger partial charge >= 0.3 is 12.0 Å². The molecular weight excluding hydrogens is 272 g/mol. The van der Waals surface area contributed by atoms with Gasteiger partial charge in [0.1, 0.15) is 0 Å². The van der Waals surface area contributed by atoms with Gasteiger partial charge in [-0.1, -0.05) is 12.8 Å². The van der Waals surface area contributed by atoms with Crippen molar-refractivity contribution in [3.63, 3.8) is 0 Å². The van der Waals surface area contributed by atoms with Crippen molar-refractivity contribution in [2.24, 2.45) is 12.5 Å². The van der Waals surface area contributed by atoms with Crippen LogP contribution in [-0.4, -0.2) is 40.0 Å². The van der Waals surface area contributed by atoms with Gasteiger partial charge in [0.25, 0.3) is 0 Å². The molecule has 0 aliphatic heterocycles. The Morgan fingerprint density at radius 2 is 2.10 bits per heavy atom. The lowest BCUT2D eigenvalue weighted by Crippen LogP contribution is -2.45. The minimum atomic E-state index is -0.810. The first kappa shape index (κ1) is 15.3. The molecule has 1 fully saturated rings. The summed E-state index contributed by atoms with van der Waals surface area (Å²) < 4.78 is 1.71. The predicted octanol–water partition coefficient (Wildman–Crippen LogP) is 0.907. The van der Waals surface area contributed by atoms with Gasteiger partial charge in [0, 0.05) is 26.3 Å². The van der Waals surface area contributed by atoms with Crippen LogP contribution in [0.15, 0.2) is 12.4 Å². The third kappa shape index (κ3) is 3.96. The van der Waals surface area contributed by atoms with Crippen molar-refractivity contribution in [1.29, 1.82) is 0 Å². The highest BCUT2D eigenvalue weighted by atomic mass is 16.4. The highest BCUT2D eigenvalue weighted by Crippen LogP contribution is 2.37. The van der Waals surface area contributed by atoms with Crippen LogP contribution in [0.5, 0.6) is 0 Å². The van der Waals surface area contributed by atoms with Gasteiger partial charge in [-0.3, -0.25) is 9.48 Å². The molecular formula is C14H22N4O3. The van der Waals surface area contributed by atoms with E-state index in [0.717, 1.165) is 18.4 Å². The Balaban J connectivity index is 1.71. The van der Waals surface area contributed by atoms with Crippen molar-refractivity contribution in [3.05, 3.63) is 18.0 Å². The molecule has 0 spiro atoms. The fourth-order valence-electron chi connectivity index (χ4n) is 2.75. The summed E-state index contributed by atoms with van der Waals surface area (Å²) in [6.07, 6.45) is 7.46. The normalized spacial score (nSPS) is 16.6. The molecule has 2 amide bonds. The van der Waals surface area contributed by atoms with E-state index >= 15 is 0 Å². The summed E-state index contributed by atoms with van der Waals surface area (Å²) in [5.41, 5.74) is 0.274. The number of rotatable bonds is 6. The number of amides is 2. The quantitative estimate of drug-likeness (QED) is 0.726. The number of aromatic nitrogens is 2. The molecule has 7 heteroatoms. The Hall–Kier alpha value is -2.05. The molecule has 0 radical (unpaired) electrons. The first-order valence-electron chi connectivity index (χ1n) is 7.24. The summed E-state index contributed by atoms with van der Waals surface area (Å²) in [6, 6.07) is -0.314. The Labute approximate surface area is 123 Å². The molecule has 1 aromatic heterocycles. The van der Waals surface area contributed by atoms with Gasteiger partial charge in [-0.2, -0.15) is 5.10 Å². The van der Waals surface area contributed by atoms with Crippen molar-refractivity contribution >= 4 is 12.0 Å². The monoisotopic (exact) mass is 294 g/mol. The van der Waals surface area contributed by atoms with Crippen molar-refractivity contribution < 1.29 is 14.7 Å². The van der Waals surface area contributed by atoms with Gasteiger partial charge in [-0.15, -0.1) is 0 Å². The molecule has 0 saturated heterocycles. The number of nitrogens with zero attached hydrogens (tertiary/aromatic N) is 2. The number of carbonyl (C=O) groups is 2. The first-order chi connectivity index (χ1) is 10.0. The van der Waals surface area contributed by atoms with E-state index in [1.807, 2.05) is 13.2 Å². The molecule has 7 nitrogen and oxygen atoms in total. The van der Waals surface area contributed by atoms with Gasteiger partial charge in [0.2, 0.25) is 0 Å². The van der Waals surface area contributed by atoms with Crippen molar-refractivity contribution in [1.82, 2.24) is 20.4 Å². The number of hydrogen-bond donors (Lipinski definition) is 3. The fourth-order valence-corrected chi connectivity index (χ4v) is 2.75. The van der Waals surface area contributed by atoms with Crippen LogP contribution in [-0.2, 0) is 18.3 Å². The van der Waals surface area contributed by atoms with Gasteiger partial charge < -0.3 is 15.7 Å². The number of aryl methyl sites for hydroxylation is 1. The molecule has 1 aliphatic carbocycles. The number of hydrogen-bond acceptors (Lipinski definition) is 3. The van der Waals surface area contributed by atoms with Crippen LogP contribution in [0.2, 0.25) is 0 Å². The maximum atomic E-state index is 11.7. The molecule has 3 N–H and O–H groups in total. The summed E-state index contributed by atoms with van der Waals surface area (Å²) in [6.45, 7) is 0.693. The summed E-state index contributed by atoms with van der Waals surface area (Å²) >= 11 is 0. The topological polar surface area (TPSA) is 96.2 Å². The molecule has 1 aliphatic rings. The predicted molar refractivity (Wildman–Crippen MR) is 76.9 cm³/mol. The number of carbonyl (C=O) groups excluding carboxylic acids is 1. The Morgan fingerprint density at radius 3 is 2.67 bits per heavy atom. The minimum Gasteiger partial charge on any atom is -0.481 e. The van der Waals surface area contributed by atoms with E-state index in [1.54, 1.807) is 10.9 Å². The second-order valence-electron chi connectivity index (χ2n) is 5.67. The molecule has 0 unspecified atom stereocenters. The smallest absolute Gasteiger partial charge is 0.314 e. The average molecular weight is 294 g/mol. The number of nitrogens with one attached hydrogen (secondary N) is 2. The van der Waals surface area contributed by atoms with Crippen molar-refractivity contribution in [3.8, 4) is 0 Å². The largest absolute Gasteiger partial charge is 0.481 e. The van der Waals surface area contributed by atoms with E-state index in [9.17, 15) is 14.7 Å². The Morgan fingerprint density at radius 1 is 1.38 bits per heavy atom. The molecule has 0 atom stereocenters. The van der Waals surface area contributed by atoms with Crippen LogP contribution in [0.1, 0.15) is 31.2 Å². The molecule has 0 aromatic carbocycles. The first-order valence-corrected chi connectivity index (χ1v) is 7.24. The second-order valence-corrected chi connectivity index (χ2v) is 5.67. The summed E-state index contributed by atoms with van der Waals surface area (Å²) in [7, 11) is 1.84. The summed E-state index contributed by atoms with van der Waals surface area (Å²) in [5, 5.41) is 18.8. The number of aliphatic carboxylic acids is 1. The van der Waals surface area contributed by atoms with E-state index < -0.39 is 11.4 Å². The highest BCUT2D eigenvalue weighted by molar-refractivity contribution is 5.78. The van der Waals surface area contributed by atoms with E-state index in [0.29, 0.717) is 25.8 Å². The molecule has 1 heterocycles. The zero-order valence-corrected chi connectivity index (χ0v) is 12.3. The molecule has 21 heavy (non-hydrogen) atoms. The van der Waals surface area contributed by atoms with Gasteiger partial charge in [0.15, 0.2) is 0 Å². The zero-order chi connectivity index (χ0) is 15.3. The third-order valence-electron chi connectivity index (χ3n) is 4.06. The van der Waals surface area contributed by atoms with E-state index in [4.69, 9.17) is 0 Å². The van der Waals surface area contributed by atoms with Gasteiger partial charge in [-0.25, -0.2) is 4.79 Å². The third-order valence-corrected chi connectivity index (χ3v) is 4.06.